The van der Waals surface area contributed by atoms with Crippen molar-refractivity contribution in [2.45, 2.75) is 26.2 Å². The van der Waals surface area contributed by atoms with Crippen molar-refractivity contribution in [3.8, 4) is 11.3 Å². The molecule has 0 aliphatic rings. The molecule has 0 atom stereocenters. The van der Waals surface area contributed by atoms with Gasteiger partial charge in [-0.2, -0.15) is 5.10 Å². The highest BCUT2D eigenvalue weighted by atomic mass is 15.1. The first kappa shape index (κ1) is 10.7. The van der Waals surface area contributed by atoms with Crippen LogP contribution in [0.25, 0.3) is 11.3 Å². The highest BCUT2D eigenvalue weighted by Crippen LogP contribution is 2.28. The molecule has 3 heteroatoms. The monoisotopic (exact) mass is 215 g/mol. The van der Waals surface area contributed by atoms with Crippen molar-refractivity contribution in [2.75, 3.05) is 5.73 Å². The lowest BCUT2D eigenvalue weighted by Crippen LogP contribution is -2.10. The van der Waals surface area contributed by atoms with Crippen molar-refractivity contribution in [3.05, 3.63) is 36.0 Å². The normalized spacial score (nSPS) is 11.7. The Morgan fingerprint density at radius 2 is 2.00 bits per heavy atom. The third kappa shape index (κ3) is 1.94. The van der Waals surface area contributed by atoms with Gasteiger partial charge >= 0.3 is 0 Å². The van der Waals surface area contributed by atoms with E-state index in [1.54, 1.807) is 6.20 Å². The van der Waals surface area contributed by atoms with Crippen molar-refractivity contribution in [3.63, 3.8) is 0 Å². The fourth-order valence-corrected chi connectivity index (χ4v) is 1.67. The molecule has 0 fully saturated rings. The van der Waals surface area contributed by atoms with Gasteiger partial charge in [0.15, 0.2) is 0 Å². The number of aromatic amines is 1. The van der Waals surface area contributed by atoms with E-state index >= 15 is 0 Å². The third-order valence-electron chi connectivity index (χ3n) is 2.69. The number of nitrogen functional groups attached to an aromatic ring is 1. The molecule has 1 aromatic heterocycles. The standard InChI is InChI=1S/C13H17N3/c1-13(2,3)10-6-4-5-9(7-10)12-11(14)8-15-16-12/h4-8H,14H2,1-3H3,(H,15,16). The van der Waals surface area contributed by atoms with Crippen LogP contribution in [0.4, 0.5) is 5.69 Å². The summed E-state index contributed by atoms with van der Waals surface area (Å²) in [7, 11) is 0. The van der Waals surface area contributed by atoms with E-state index in [2.05, 4.69) is 49.2 Å². The molecule has 16 heavy (non-hydrogen) atoms. The predicted molar refractivity (Wildman–Crippen MR) is 67.1 cm³/mol. The van der Waals surface area contributed by atoms with Crippen LogP contribution in [0, 0.1) is 0 Å². The van der Waals surface area contributed by atoms with Gasteiger partial charge in [-0.1, -0.05) is 39.0 Å². The van der Waals surface area contributed by atoms with E-state index in [4.69, 9.17) is 5.73 Å². The molecule has 2 rings (SSSR count). The van der Waals surface area contributed by atoms with Gasteiger partial charge in [-0.25, -0.2) is 0 Å². The molecule has 1 aromatic carbocycles. The van der Waals surface area contributed by atoms with Gasteiger partial charge in [0, 0.05) is 5.56 Å². The molecular formula is C13H17N3. The number of aromatic nitrogens is 2. The molecule has 0 aliphatic carbocycles. The topological polar surface area (TPSA) is 54.7 Å². The lowest BCUT2D eigenvalue weighted by Gasteiger charge is -2.19. The van der Waals surface area contributed by atoms with Gasteiger partial charge < -0.3 is 5.73 Å². The summed E-state index contributed by atoms with van der Waals surface area (Å²) < 4.78 is 0. The number of nitrogens with zero attached hydrogens (tertiary/aromatic N) is 1. The van der Waals surface area contributed by atoms with E-state index in [0.717, 1.165) is 11.3 Å². The Hall–Kier alpha value is -1.77. The summed E-state index contributed by atoms with van der Waals surface area (Å²) in [6, 6.07) is 8.38. The lowest BCUT2D eigenvalue weighted by molar-refractivity contribution is 0.590. The highest BCUT2D eigenvalue weighted by molar-refractivity contribution is 5.72. The Bertz CT molecular complexity index is 492. The minimum atomic E-state index is 0.144. The van der Waals surface area contributed by atoms with Crippen molar-refractivity contribution >= 4 is 5.69 Å². The number of anilines is 1. The van der Waals surface area contributed by atoms with Crippen molar-refractivity contribution in [2.24, 2.45) is 0 Å². The average molecular weight is 215 g/mol. The van der Waals surface area contributed by atoms with Crippen LogP contribution >= 0.6 is 0 Å². The molecule has 0 radical (unpaired) electrons. The first-order chi connectivity index (χ1) is 7.48. The van der Waals surface area contributed by atoms with E-state index in [9.17, 15) is 0 Å². The van der Waals surface area contributed by atoms with Crippen LogP contribution in [0.3, 0.4) is 0 Å². The Morgan fingerprint density at radius 3 is 2.56 bits per heavy atom. The number of hydrogen-bond acceptors (Lipinski definition) is 2. The minimum Gasteiger partial charge on any atom is -0.396 e. The van der Waals surface area contributed by atoms with Crippen LogP contribution in [0.15, 0.2) is 30.5 Å². The Labute approximate surface area is 95.7 Å². The summed E-state index contributed by atoms with van der Waals surface area (Å²) in [6.45, 7) is 6.59. The molecule has 0 saturated carbocycles. The molecule has 3 N–H and O–H groups in total. The van der Waals surface area contributed by atoms with Gasteiger partial charge in [0.05, 0.1) is 17.6 Å². The third-order valence-corrected chi connectivity index (χ3v) is 2.69. The van der Waals surface area contributed by atoms with Crippen molar-refractivity contribution in [1.29, 1.82) is 0 Å². The van der Waals surface area contributed by atoms with Crippen LogP contribution in [0.2, 0.25) is 0 Å². The van der Waals surface area contributed by atoms with Crippen molar-refractivity contribution < 1.29 is 0 Å². The van der Waals surface area contributed by atoms with Gasteiger partial charge in [-0.3, -0.25) is 5.10 Å². The molecule has 2 aromatic rings. The molecule has 0 bridgehead atoms. The highest BCUT2D eigenvalue weighted by Gasteiger charge is 2.14. The summed E-state index contributed by atoms with van der Waals surface area (Å²) in [5, 5.41) is 6.87. The second kappa shape index (κ2) is 3.67. The fourth-order valence-electron chi connectivity index (χ4n) is 1.67. The zero-order valence-electron chi connectivity index (χ0n) is 9.91. The number of nitrogens with two attached hydrogens (primary N) is 1. The van der Waals surface area contributed by atoms with Crippen LogP contribution in [0.5, 0.6) is 0 Å². The van der Waals surface area contributed by atoms with Crippen LogP contribution in [-0.4, -0.2) is 10.2 Å². The molecule has 0 unspecified atom stereocenters. The lowest BCUT2D eigenvalue weighted by atomic mass is 9.86. The second-order valence-corrected chi connectivity index (χ2v) is 5.03. The van der Waals surface area contributed by atoms with Crippen LogP contribution in [-0.2, 0) is 5.41 Å². The van der Waals surface area contributed by atoms with Gasteiger partial charge in [-0.15, -0.1) is 0 Å². The predicted octanol–water partition coefficient (Wildman–Crippen LogP) is 2.96. The summed E-state index contributed by atoms with van der Waals surface area (Å²) in [5.74, 6) is 0. The van der Waals surface area contributed by atoms with E-state index in [0.29, 0.717) is 5.69 Å². The van der Waals surface area contributed by atoms with Crippen LogP contribution in [0.1, 0.15) is 26.3 Å². The van der Waals surface area contributed by atoms with Gasteiger partial charge in [0.1, 0.15) is 0 Å². The number of hydrogen-bond donors (Lipinski definition) is 2. The number of benzene rings is 1. The SMILES string of the molecule is CC(C)(C)c1cccc(-c2[nH]ncc2N)c1. The van der Waals surface area contributed by atoms with Gasteiger partial charge in [-0.05, 0) is 17.0 Å². The number of nitrogens with one attached hydrogen (secondary N) is 1. The Balaban J connectivity index is 2.49. The Morgan fingerprint density at radius 1 is 1.25 bits per heavy atom. The summed E-state index contributed by atoms with van der Waals surface area (Å²) in [4.78, 5) is 0. The fraction of sp³-hybridized carbons (Fsp3) is 0.308. The van der Waals surface area contributed by atoms with E-state index < -0.39 is 0 Å². The molecule has 1 heterocycles. The van der Waals surface area contributed by atoms with Gasteiger partial charge in [0.2, 0.25) is 0 Å². The molecule has 0 aliphatic heterocycles. The van der Waals surface area contributed by atoms with E-state index in [-0.39, 0.29) is 5.41 Å². The number of H-pyrrole nitrogens is 1. The molecule has 0 saturated heterocycles. The maximum atomic E-state index is 5.84. The quantitative estimate of drug-likeness (QED) is 0.768. The maximum Gasteiger partial charge on any atom is 0.0880 e. The van der Waals surface area contributed by atoms with E-state index in [1.807, 2.05) is 6.07 Å². The molecule has 0 amide bonds. The first-order valence-electron chi connectivity index (χ1n) is 5.38. The average Bonchev–Trinajstić information content (AvgIpc) is 2.63. The largest absolute Gasteiger partial charge is 0.396 e. The zero-order valence-corrected chi connectivity index (χ0v) is 9.91. The summed E-state index contributed by atoms with van der Waals surface area (Å²) in [5.41, 5.74) is 9.94. The molecule has 3 nitrogen and oxygen atoms in total. The Kier molecular flexibility index (Phi) is 2.46. The smallest absolute Gasteiger partial charge is 0.0880 e. The van der Waals surface area contributed by atoms with Crippen LogP contribution < -0.4 is 5.73 Å². The second-order valence-electron chi connectivity index (χ2n) is 5.03. The van der Waals surface area contributed by atoms with E-state index in [1.165, 1.54) is 5.56 Å². The maximum absolute atomic E-state index is 5.84. The number of rotatable bonds is 1. The summed E-state index contributed by atoms with van der Waals surface area (Å²) >= 11 is 0. The molecule has 0 spiro atoms. The first-order valence-corrected chi connectivity index (χ1v) is 5.38. The van der Waals surface area contributed by atoms with Gasteiger partial charge in [0.25, 0.3) is 0 Å². The zero-order chi connectivity index (χ0) is 11.8. The van der Waals surface area contributed by atoms with Crippen molar-refractivity contribution in [1.82, 2.24) is 10.2 Å². The minimum absolute atomic E-state index is 0.144. The molecular weight excluding hydrogens is 198 g/mol. The summed E-state index contributed by atoms with van der Waals surface area (Å²) in [6.07, 6.45) is 1.64. The molecule has 84 valence electrons.